The molecular formula is C5H11NOS2. The highest BCUT2D eigenvalue weighted by Crippen LogP contribution is 2.16. The zero-order chi connectivity index (χ0) is 7.11. The maximum Gasteiger partial charge on any atom is 0.220 e. The highest BCUT2D eigenvalue weighted by molar-refractivity contribution is 8.76. The first-order chi connectivity index (χ1) is 4.31. The number of carbonyl (C=O) groups excluding carboxylic acids is 1. The SMILES string of the molecule is CNC(=O)CCSSC. The molecule has 0 bridgehead atoms. The Morgan fingerprint density at radius 3 is 2.78 bits per heavy atom. The molecule has 0 aromatic heterocycles. The van der Waals surface area contributed by atoms with Gasteiger partial charge in [0.25, 0.3) is 0 Å². The standard InChI is InChI=1S/C5H11NOS2/c1-6-5(7)3-4-9-8-2/h3-4H2,1-2H3,(H,6,7). The second-order valence-corrected chi connectivity index (χ2v) is 4.10. The van der Waals surface area contributed by atoms with Gasteiger partial charge < -0.3 is 5.32 Å². The molecule has 0 saturated heterocycles. The van der Waals surface area contributed by atoms with Crippen molar-refractivity contribution < 1.29 is 4.79 Å². The van der Waals surface area contributed by atoms with Gasteiger partial charge >= 0.3 is 0 Å². The van der Waals surface area contributed by atoms with Gasteiger partial charge in [-0.15, -0.1) is 0 Å². The second-order valence-electron chi connectivity index (χ2n) is 1.41. The molecule has 0 radical (unpaired) electrons. The van der Waals surface area contributed by atoms with E-state index >= 15 is 0 Å². The molecule has 4 heteroatoms. The smallest absolute Gasteiger partial charge is 0.220 e. The summed E-state index contributed by atoms with van der Waals surface area (Å²) >= 11 is 0. The minimum Gasteiger partial charge on any atom is -0.359 e. The molecule has 0 saturated carbocycles. The van der Waals surface area contributed by atoms with Crippen LogP contribution in [0.4, 0.5) is 0 Å². The fourth-order valence-corrected chi connectivity index (χ4v) is 1.53. The summed E-state index contributed by atoms with van der Waals surface area (Å²) in [6.45, 7) is 0. The summed E-state index contributed by atoms with van der Waals surface area (Å²) in [6, 6.07) is 0. The third kappa shape index (κ3) is 6.05. The van der Waals surface area contributed by atoms with Crippen molar-refractivity contribution in [1.82, 2.24) is 5.32 Å². The predicted molar refractivity (Wildman–Crippen MR) is 44.7 cm³/mol. The summed E-state index contributed by atoms with van der Waals surface area (Å²) < 4.78 is 0. The molecule has 54 valence electrons. The highest BCUT2D eigenvalue weighted by Gasteiger charge is 1.94. The second kappa shape index (κ2) is 6.29. The van der Waals surface area contributed by atoms with Crippen molar-refractivity contribution in [2.24, 2.45) is 0 Å². The molecule has 0 unspecified atom stereocenters. The van der Waals surface area contributed by atoms with Gasteiger partial charge in [-0.3, -0.25) is 4.79 Å². The van der Waals surface area contributed by atoms with E-state index in [9.17, 15) is 4.79 Å². The summed E-state index contributed by atoms with van der Waals surface area (Å²) in [5.41, 5.74) is 0. The summed E-state index contributed by atoms with van der Waals surface area (Å²) in [7, 11) is 5.06. The molecule has 2 nitrogen and oxygen atoms in total. The lowest BCUT2D eigenvalue weighted by Crippen LogP contribution is -2.17. The number of hydrogen-bond donors (Lipinski definition) is 1. The van der Waals surface area contributed by atoms with E-state index in [2.05, 4.69) is 5.32 Å². The van der Waals surface area contributed by atoms with Crippen molar-refractivity contribution in [3.05, 3.63) is 0 Å². The molecular weight excluding hydrogens is 154 g/mol. The molecule has 0 aliphatic heterocycles. The van der Waals surface area contributed by atoms with E-state index < -0.39 is 0 Å². The van der Waals surface area contributed by atoms with Crippen molar-refractivity contribution >= 4 is 27.5 Å². The van der Waals surface area contributed by atoms with Crippen molar-refractivity contribution in [2.45, 2.75) is 6.42 Å². The third-order valence-corrected chi connectivity index (χ3v) is 2.62. The van der Waals surface area contributed by atoms with Crippen molar-refractivity contribution in [3.8, 4) is 0 Å². The van der Waals surface area contributed by atoms with Gasteiger partial charge in [-0.25, -0.2) is 0 Å². The minimum atomic E-state index is 0.122. The van der Waals surface area contributed by atoms with Crippen LogP contribution in [0, 0.1) is 0 Å². The Bertz CT molecular complexity index is 87.0. The topological polar surface area (TPSA) is 29.1 Å². The first-order valence-corrected chi connectivity index (χ1v) is 5.40. The van der Waals surface area contributed by atoms with Crippen LogP contribution >= 0.6 is 21.6 Å². The molecule has 0 aliphatic rings. The van der Waals surface area contributed by atoms with E-state index in [4.69, 9.17) is 0 Å². The van der Waals surface area contributed by atoms with E-state index in [1.165, 1.54) is 0 Å². The summed E-state index contributed by atoms with van der Waals surface area (Å²) in [6.07, 6.45) is 2.64. The monoisotopic (exact) mass is 165 g/mol. The summed E-state index contributed by atoms with van der Waals surface area (Å²) in [5, 5.41) is 2.56. The Labute approximate surface area is 63.6 Å². The highest BCUT2D eigenvalue weighted by atomic mass is 33.1. The fourth-order valence-electron chi connectivity index (χ4n) is 0.343. The van der Waals surface area contributed by atoms with Crippen molar-refractivity contribution in [3.63, 3.8) is 0 Å². The molecule has 9 heavy (non-hydrogen) atoms. The zero-order valence-corrected chi connectivity index (χ0v) is 7.27. The van der Waals surface area contributed by atoms with Crippen LogP contribution in [0.2, 0.25) is 0 Å². The van der Waals surface area contributed by atoms with E-state index in [1.807, 2.05) is 6.26 Å². The van der Waals surface area contributed by atoms with E-state index in [1.54, 1.807) is 28.6 Å². The lowest BCUT2D eigenvalue weighted by Gasteiger charge is -1.95. The molecule has 0 aromatic carbocycles. The van der Waals surface area contributed by atoms with E-state index in [-0.39, 0.29) is 5.91 Å². The first-order valence-electron chi connectivity index (χ1n) is 2.67. The number of carbonyl (C=O) groups is 1. The number of nitrogens with one attached hydrogen (secondary N) is 1. The lowest BCUT2D eigenvalue weighted by molar-refractivity contribution is -0.120. The molecule has 0 aliphatic carbocycles. The van der Waals surface area contributed by atoms with Crippen LogP contribution in [-0.4, -0.2) is 25.0 Å². The lowest BCUT2D eigenvalue weighted by atomic mass is 10.5. The molecule has 0 fully saturated rings. The Kier molecular flexibility index (Phi) is 6.41. The van der Waals surface area contributed by atoms with E-state index in [0.29, 0.717) is 6.42 Å². The zero-order valence-electron chi connectivity index (χ0n) is 5.64. The van der Waals surface area contributed by atoms with Gasteiger partial charge in [0, 0.05) is 19.2 Å². The molecule has 0 spiro atoms. The maximum absolute atomic E-state index is 10.6. The molecule has 0 aromatic rings. The van der Waals surface area contributed by atoms with Crippen molar-refractivity contribution in [2.75, 3.05) is 19.1 Å². The third-order valence-electron chi connectivity index (χ3n) is 0.809. The Balaban J connectivity index is 2.97. The Hall–Kier alpha value is 0.170. The van der Waals surface area contributed by atoms with Crippen LogP contribution < -0.4 is 5.32 Å². The van der Waals surface area contributed by atoms with Crippen LogP contribution in [0.25, 0.3) is 0 Å². The first kappa shape index (κ1) is 9.17. The number of rotatable bonds is 4. The normalized spacial score (nSPS) is 9.11. The largest absolute Gasteiger partial charge is 0.359 e. The summed E-state index contributed by atoms with van der Waals surface area (Å²) in [4.78, 5) is 10.6. The Morgan fingerprint density at radius 1 is 1.67 bits per heavy atom. The van der Waals surface area contributed by atoms with Crippen LogP contribution in [0.3, 0.4) is 0 Å². The van der Waals surface area contributed by atoms with Crippen molar-refractivity contribution in [1.29, 1.82) is 0 Å². The quantitative estimate of drug-likeness (QED) is 0.500. The van der Waals surface area contributed by atoms with Crippen LogP contribution in [0.5, 0.6) is 0 Å². The fraction of sp³-hybridized carbons (Fsp3) is 0.800. The van der Waals surface area contributed by atoms with Gasteiger partial charge in [-0.2, -0.15) is 0 Å². The minimum absolute atomic E-state index is 0.122. The average molecular weight is 165 g/mol. The van der Waals surface area contributed by atoms with Gasteiger partial charge in [0.2, 0.25) is 5.91 Å². The van der Waals surface area contributed by atoms with Gasteiger partial charge in [0.15, 0.2) is 0 Å². The van der Waals surface area contributed by atoms with Gasteiger partial charge in [0.1, 0.15) is 0 Å². The number of hydrogen-bond acceptors (Lipinski definition) is 3. The Morgan fingerprint density at radius 2 is 2.33 bits per heavy atom. The predicted octanol–water partition coefficient (Wildman–Crippen LogP) is 1.13. The van der Waals surface area contributed by atoms with Gasteiger partial charge in [0.05, 0.1) is 0 Å². The van der Waals surface area contributed by atoms with Crippen LogP contribution in [0.15, 0.2) is 0 Å². The van der Waals surface area contributed by atoms with Crippen LogP contribution in [-0.2, 0) is 4.79 Å². The van der Waals surface area contributed by atoms with Crippen LogP contribution in [0.1, 0.15) is 6.42 Å². The maximum atomic E-state index is 10.6. The molecule has 1 amide bonds. The van der Waals surface area contributed by atoms with Gasteiger partial charge in [-0.1, -0.05) is 21.6 Å². The van der Waals surface area contributed by atoms with E-state index in [0.717, 1.165) is 5.75 Å². The molecule has 1 N–H and O–H groups in total. The number of amides is 1. The average Bonchev–Trinajstić information content (AvgIpc) is 1.89. The molecule has 0 heterocycles. The molecule has 0 rings (SSSR count). The molecule has 0 atom stereocenters. The van der Waals surface area contributed by atoms with Gasteiger partial charge in [-0.05, 0) is 6.26 Å². The summed E-state index contributed by atoms with van der Waals surface area (Å²) in [5.74, 6) is 1.03.